The average Bonchev–Trinajstić information content (AvgIpc) is 2.92. The summed E-state index contributed by atoms with van der Waals surface area (Å²) in [7, 11) is 4.24. The first-order valence-corrected chi connectivity index (χ1v) is 6.23. The largest absolute Gasteiger partial charge is 0.359 e. The molecule has 4 rings (SSSR count). The number of hydrogen-bond donors (Lipinski definition) is 0. The number of benzene rings is 1. The minimum Gasteiger partial charge on any atom is -0.359 e. The van der Waals surface area contributed by atoms with Crippen molar-refractivity contribution in [2.75, 3.05) is 27.4 Å². The Morgan fingerprint density at radius 2 is 1.22 bits per heavy atom. The highest BCUT2D eigenvalue weighted by Gasteiger charge is 2.37. The Morgan fingerprint density at radius 1 is 0.778 bits per heavy atom. The van der Waals surface area contributed by atoms with Gasteiger partial charge in [-0.05, 0) is 0 Å². The van der Waals surface area contributed by atoms with E-state index in [0.29, 0.717) is 0 Å². The maximum absolute atomic E-state index is 2.36. The van der Waals surface area contributed by atoms with E-state index >= 15 is 0 Å². The molecule has 0 aliphatic carbocycles. The summed E-state index contributed by atoms with van der Waals surface area (Å²) in [5.41, 5.74) is 5.28. The van der Waals surface area contributed by atoms with E-state index in [2.05, 4.69) is 70.6 Å². The maximum atomic E-state index is 2.36. The minimum atomic E-state index is 0.925. The van der Waals surface area contributed by atoms with Gasteiger partial charge in [0.05, 0.1) is 11.4 Å². The summed E-state index contributed by atoms with van der Waals surface area (Å²) in [6.07, 6.45) is 4.46. The van der Waals surface area contributed by atoms with E-state index in [0.717, 1.165) is 13.3 Å². The van der Waals surface area contributed by atoms with Gasteiger partial charge in [0.2, 0.25) is 0 Å². The van der Waals surface area contributed by atoms with Crippen LogP contribution in [-0.2, 0) is 0 Å². The summed E-state index contributed by atoms with van der Waals surface area (Å²) in [4.78, 5) is 4.46. The van der Waals surface area contributed by atoms with Crippen molar-refractivity contribution in [2.24, 2.45) is 0 Å². The monoisotopic (exact) mass is 240 g/mol. The molecule has 18 heavy (non-hydrogen) atoms. The first-order chi connectivity index (χ1) is 8.74. The predicted molar refractivity (Wildman–Crippen MR) is 71.3 cm³/mol. The Kier molecular flexibility index (Phi) is 1.77. The Balaban J connectivity index is 1.95. The SMILES string of the molecule is CN1C=C2c3ccccc3C3=CN(C)CN3N2C1. The fourth-order valence-corrected chi connectivity index (χ4v) is 2.97. The lowest BCUT2D eigenvalue weighted by Gasteiger charge is -2.39. The average molecular weight is 240 g/mol. The summed E-state index contributed by atoms with van der Waals surface area (Å²) < 4.78 is 0. The van der Waals surface area contributed by atoms with E-state index in [1.54, 1.807) is 0 Å². The van der Waals surface area contributed by atoms with Crippen LogP contribution >= 0.6 is 0 Å². The number of rotatable bonds is 0. The van der Waals surface area contributed by atoms with Crippen LogP contribution in [0.5, 0.6) is 0 Å². The van der Waals surface area contributed by atoms with Gasteiger partial charge in [0.1, 0.15) is 13.3 Å². The fraction of sp³-hybridized carbons (Fsp3) is 0.286. The summed E-state index contributed by atoms with van der Waals surface area (Å²) >= 11 is 0. The number of fused-ring (bicyclic) bond motifs is 6. The van der Waals surface area contributed by atoms with Crippen molar-refractivity contribution in [2.45, 2.75) is 0 Å². The van der Waals surface area contributed by atoms with E-state index in [-0.39, 0.29) is 0 Å². The van der Waals surface area contributed by atoms with Crippen molar-refractivity contribution in [3.8, 4) is 0 Å². The fourth-order valence-electron chi connectivity index (χ4n) is 2.97. The molecule has 0 saturated heterocycles. The van der Waals surface area contributed by atoms with Crippen LogP contribution in [0.15, 0.2) is 36.7 Å². The van der Waals surface area contributed by atoms with E-state index < -0.39 is 0 Å². The van der Waals surface area contributed by atoms with Gasteiger partial charge in [0.15, 0.2) is 0 Å². The molecule has 1 aromatic carbocycles. The lowest BCUT2D eigenvalue weighted by Crippen LogP contribution is -2.43. The quantitative estimate of drug-likeness (QED) is 0.683. The molecule has 0 radical (unpaired) electrons. The van der Waals surface area contributed by atoms with E-state index in [4.69, 9.17) is 0 Å². The lowest BCUT2D eigenvalue weighted by atomic mass is 10.0. The van der Waals surface area contributed by atoms with Gasteiger partial charge < -0.3 is 9.80 Å². The van der Waals surface area contributed by atoms with Gasteiger partial charge in [-0.25, -0.2) is 0 Å². The van der Waals surface area contributed by atoms with Gasteiger partial charge in [0.25, 0.3) is 0 Å². The second-order valence-electron chi connectivity index (χ2n) is 5.17. The molecular weight excluding hydrogens is 224 g/mol. The predicted octanol–water partition coefficient (Wildman–Crippen LogP) is 1.62. The van der Waals surface area contributed by atoms with Crippen LogP contribution in [0.2, 0.25) is 0 Å². The van der Waals surface area contributed by atoms with Gasteiger partial charge in [-0.3, -0.25) is 10.0 Å². The third-order valence-corrected chi connectivity index (χ3v) is 3.73. The molecule has 0 N–H and O–H groups in total. The normalized spacial score (nSPS) is 20.6. The Bertz CT molecular complexity index is 524. The summed E-state index contributed by atoms with van der Waals surface area (Å²) in [6, 6.07) is 8.66. The van der Waals surface area contributed by atoms with Crippen LogP contribution in [0, 0.1) is 0 Å². The van der Waals surface area contributed by atoms with Crippen molar-refractivity contribution in [1.29, 1.82) is 0 Å². The van der Waals surface area contributed by atoms with Gasteiger partial charge >= 0.3 is 0 Å². The van der Waals surface area contributed by atoms with E-state index in [1.807, 2.05) is 0 Å². The maximum Gasteiger partial charge on any atom is 0.110 e. The highest BCUT2D eigenvalue weighted by Crippen LogP contribution is 2.42. The molecule has 0 aromatic heterocycles. The molecule has 0 bridgehead atoms. The molecule has 0 atom stereocenters. The number of hydrogen-bond acceptors (Lipinski definition) is 4. The smallest absolute Gasteiger partial charge is 0.110 e. The molecule has 0 unspecified atom stereocenters. The number of hydrazine groups is 1. The van der Waals surface area contributed by atoms with Crippen molar-refractivity contribution < 1.29 is 0 Å². The van der Waals surface area contributed by atoms with E-state index in [9.17, 15) is 0 Å². The minimum absolute atomic E-state index is 0.925. The van der Waals surface area contributed by atoms with Crippen LogP contribution in [0.4, 0.5) is 0 Å². The molecule has 3 aliphatic heterocycles. The third-order valence-electron chi connectivity index (χ3n) is 3.73. The lowest BCUT2D eigenvalue weighted by molar-refractivity contribution is 0.0615. The molecule has 3 aliphatic rings. The second-order valence-corrected chi connectivity index (χ2v) is 5.17. The van der Waals surface area contributed by atoms with Crippen LogP contribution in [0.25, 0.3) is 11.4 Å². The number of nitrogens with zero attached hydrogens (tertiary/aromatic N) is 4. The first-order valence-electron chi connectivity index (χ1n) is 6.23. The van der Waals surface area contributed by atoms with Crippen molar-refractivity contribution in [3.05, 3.63) is 47.8 Å². The summed E-state index contributed by atoms with van der Waals surface area (Å²) in [5, 5.41) is 4.72. The molecule has 92 valence electrons. The van der Waals surface area contributed by atoms with Gasteiger partial charge in [-0.1, -0.05) is 24.3 Å². The van der Waals surface area contributed by atoms with Gasteiger partial charge in [-0.2, -0.15) is 0 Å². The van der Waals surface area contributed by atoms with Crippen LogP contribution in [0.1, 0.15) is 11.1 Å². The van der Waals surface area contributed by atoms with Crippen molar-refractivity contribution >= 4 is 11.4 Å². The Morgan fingerprint density at radius 3 is 1.67 bits per heavy atom. The highest BCUT2D eigenvalue weighted by atomic mass is 15.7. The molecule has 0 spiro atoms. The highest BCUT2D eigenvalue weighted by molar-refractivity contribution is 5.83. The Labute approximate surface area is 107 Å². The van der Waals surface area contributed by atoms with Crippen LogP contribution in [0.3, 0.4) is 0 Å². The topological polar surface area (TPSA) is 13.0 Å². The molecular formula is C14H16N4. The van der Waals surface area contributed by atoms with Gasteiger partial charge in [0, 0.05) is 37.6 Å². The molecule has 4 nitrogen and oxygen atoms in total. The van der Waals surface area contributed by atoms with Crippen LogP contribution in [-0.4, -0.2) is 47.3 Å². The molecule has 0 saturated carbocycles. The zero-order chi connectivity index (χ0) is 12.3. The standard InChI is InChI=1S/C14H16N4/c1-15-7-13-11-5-3-4-6-12(11)14-8-16(2)10-18(14)17(13)9-15/h3-8H,9-10H2,1-2H3. The second kappa shape index (κ2) is 3.22. The molecule has 0 amide bonds. The molecule has 1 aromatic rings. The Hall–Kier alpha value is -2.10. The summed E-state index contributed by atoms with van der Waals surface area (Å²) in [6.45, 7) is 1.85. The molecule has 3 heterocycles. The molecule has 4 heteroatoms. The third kappa shape index (κ3) is 1.15. The first kappa shape index (κ1) is 9.88. The summed E-state index contributed by atoms with van der Waals surface area (Å²) in [5.74, 6) is 0. The molecule has 0 fully saturated rings. The zero-order valence-electron chi connectivity index (χ0n) is 10.7. The van der Waals surface area contributed by atoms with Gasteiger partial charge in [-0.15, -0.1) is 0 Å². The van der Waals surface area contributed by atoms with Crippen molar-refractivity contribution in [3.63, 3.8) is 0 Å². The van der Waals surface area contributed by atoms with Crippen LogP contribution < -0.4 is 0 Å². The zero-order valence-corrected chi connectivity index (χ0v) is 10.7. The van der Waals surface area contributed by atoms with E-state index in [1.165, 1.54) is 22.5 Å². The van der Waals surface area contributed by atoms with Crippen molar-refractivity contribution in [1.82, 2.24) is 19.8 Å².